The van der Waals surface area contributed by atoms with E-state index in [-0.39, 0.29) is 0 Å². The summed E-state index contributed by atoms with van der Waals surface area (Å²) in [7, 11) is 10.2. The van der Waals surface area contributed by atoms with Crippen LogP contribution in [0.5, 0.6) is 34.5 Å². The van der Waals surface area contributed by atoms with Crippen molar-refractivity contribution in [1.29, 1.82) is 0 Å². The fraction of sp³-hybridized carbons (Fsp3) is 0.200. The minimum absolute atomic E-state index is 0.728. The highest BCUT2D eigenvalue weighted by atomic mass is 16.5. The normalized spacial score (nSPS) is 10.7. The molecule has 6 nitrogen and oxygen atoms in total. The fourth-order valence-corrected chi connectivity index (χ4v) is 6.95. The third-order valence-corrected chi connectivity index (χ3v) is 10.3. The highest BCUT2D eigenvalue weighted by Gasteiger charge is 2.07. The van der Waals surface area contributed by atoms with Gasteiger partial charge in [0.15, 0.2) is 0 Å². The lowest BCUT2D eigenvalue weighted by Gasteiger charge is -2.08. The monoisotopic (exact) mass is 746 g/mol. The van der Waals surface area contributed by atoms with Crippen molar-refractivity contribution in [2.75, 3.05) is 42.7 Å². The lowest BCUT2D eigenvalue weighted by atomic mass is 10.0. The Morgan fingerprint density at radius 2 is 0.357 bits per heavy atom. The largest absolute Gasteiger partial charge is 0.496 e. The van der Waals surface area contributed by atoms with Crippen molar-refractivity contribution < 1.29 is 28.4 Å². The number of ether oxygens (including phenoxy) is 6. The molecule has 0 N–H and O–H groups in total. The van der Waals surface area contributed by atoms with E-state index in [2.05, 4.69) is 125 Å². The molecular weight excluding hydrogens is 697 g/mol. The van der Waals surface area contributed by atoms with Gasteiger partial charge in [0.2, 0.25) is 0 Å². The molecule has 6 heteroatoms. The Morgan fingerprint density at radius 1 is 0.214 bits per heavy atom. The lowest BCUT2D eigenvalue weighted by Crippen LogP contribution is -1.88. The molecule has 286 valence electrons. The van der Waals surface area contributed by atoms with Crippen molar-refractivity contribution in [3.63, 3.8) is 0 Å². The lowest BCUT2D eigenvalue weighted by molar-refractivity contribution is 0.411. The van der Waals surface area contributed by atoms with Gasteiger partial charge >= 0.3 is 0 Å². The highest BCUT2D eigenvalue weighted by Crippen LogP contribution is 2.33. The maximum Gasteiger partial charge on any atom is 0.126 e. The maximum atomic E-state index is 5.89. The van der Waals surface area contributed by atoms with Crippen LogP contribution in [0.4, 0.5) is 0 Å². The molecule has 15 aromatic carbocycles. The van der Waals surface area contributed by atoms with Gasteiger partial charge in [-0.15, -0.1) is 0 Å². The van der Waals surface area contributed by atoms with E-state index in [0.29, 0.717) is 0 Å². The van der Waals surface area contributed by atoms with Gasteiger partial charge in [0.1, 0.15) is 34.5 Å². The van der Waals surface area contributed by atoms with E-state index in [1.807, 2.05) is 24.3 Å². The quantitative estimate of drug-likeness (QED) is 0.169. The maximum absolute atomic E-state index is 5.89. The number of rotatable bonds is 6. The number of benzene rings is 5. The molecule has 0 spiro atoms. The van der Waals surface area contributed by atoms with E-state index in [4.69, 9.17) is 28.4 Å². The second-order valence-corrected chi connectivity index (χ2v) is 13.8. The van der Waals surface area contributed by atoms with E-state index in [9.17, 15) is 0 Å². The van der Waals surface area contributed by atoms with E-state index in [1.54, 1.807) is 42.7 Å². The third kappa shape index (κ3) is 8.45. The zero-order chi connectivity index (χ0) is 39.9. The van der Waals surface area contributed by atoms with Crippen LogP contribution in [-0.4, -0.2) is 42.7 Å². The summed E-state index contributed by atoms with van der Waals surface area (Å²) in [5.41, 5.74) is 4.44. The van der Waals surface area contributed by atoms with Crippen molar-refractivity contribution in [3.05, 3.63) is 144 Å². The first kappa shape index (κ1) is 39.3. The topological polar surface area (TPSA) is 55.4 Å². The smallest absolute Gasteiger partial charge is 0.126 e. The van der Waals surface area contributed by atoms with E-state index in [1.165, 1.54) is 0 Å². The van der Waals surface area contributed by atoms with Crippen LogP contribution in [0, 0.1) is 27.7 Å². The van der Waals surface area contributed by atoms with Crippen molar-refractivity contribution >= 4 is 53.9 Å². The summed E-state index contributed by atoms with van der Waals surface area (Å²) in [6.45, 7) is 8.42. The number of aryl methyl sites for hydroxylation is 4. The van der Waals surface area contributed by atoms with Crippen LogP contribution in [0.1, 0.15) is 22.3 Å². The number of hydrogen-bond acceptors (Lipinski definition) is 6. The van der Waals surface area contributed by atoms with Gasteiger partial charge in [-0.2, -0.15) is 0 Å². The summed E-state index contributed by atoms with van der Waals surface area (Å²) in [6, 6.07) is 41.6. The zero-order valence-corrected chi connectivity index (χ0v) is 34.0. The van der Waals surface area contributed by atoms with Gasteiger partial charge in [-0.05, 0) is 132 Å². The van der Waals surface area contributed by atoms with E-state index >= 15 is 0 Å². The average Bonchev–Trinajstić information content (AvgIpc) is 3.20. The van der Waals surface area contributed by atoms with Crippen molar-refractivity contribution in [2.24, 2.45) is 0 Å². The third-order valence-electron chi connectivity index (χ3n) is 10.3. The van der Waals surface area contributed by atoms with E-state index < -0.39 is 0 Å². The molecule has 10 bridgehead atoms. The molecule has 0 aliphatic heterocycles. The van der Waals surface area contributed by atoms with Gasteiger partial charge in [-0.3, -0.25) is 0 Å². The van der Waals surface area contributed by atoms with Crippen LogP contribution in [0.15, 0.2) is 121 Å². The van der Waals surface area contributed by atoms with Gasteiger partial charge in [-0.25, -0.2) is 0 Å². The minimum atomic E-state index is 0.728. The molecule has 56 heavy (non-hydrogen) atoms. The first-order valence-electron chi connectivity index (χ1n) is 18.5. The first-order chi connectivity index (χ1) is 27.1. The van der Waals surface area contributed by atoms with Crippen LogP contribution < -0.4 is 28.4 Å². The Balaban J connectivity index is 1.70. The SMILES string of the molecule is COc1cc2ccc3cc(C)c(ccc4cc(OC)c(ccc5cc(OC)c(ccc6cc(C)c(ccc1cc2C)cc6OC)cc5C)cc4OC)cc3OC. The van der Waals surface area contributed by atoms with Crippen LogP contribution in [-0.2, 0) is 0 Å². The summed E-state index contributed by atoms with van der Waals surface area (Å²) >= 11 is 0. The van der Waals surface area contributed by atoms with Crippen LogP contribution in [0.3, 0.4) is 0 Å². The molecular formula is C50H50O6. The van der Waals surface area contributed by atoms with Gasteiger partial charge < -0.3 is 28.4 Å². The molecule has 0 aromatic heterocycles. The van der Waals surface area contributed by atoms with Gasteiger partial charge in [0, 0.05) is 32.3 Å². The molecule has 0 fully saturated rings. The van der Waals surface area contributed by atoms with Gasteiger partial charge in [0.05, 0.1) is 42.7 Å². The van der Waals surface area contributed by atoms with E-state index in [0.717, 1.165) is 111 Å². The van der Waals surface area contributed by atoms with Gasteiger partial charge in [-0.1, -0.05) is 60.7 Å². The molecule has 0 aliphatic carbocycles. The summed E-state index contributed by atoms with van der Waals surface area (Å²) in [5.74, 6) is 4.54. The first-order valence-corrected chi connectivity index (χ1v) is 18.5. The van der Waals surface area contributed by atoms with Crippen molar-refractivity contribution in [1.82, 2.24) is 0 Å². The summed E-state index contributed by atoms with van der Waals surface area (Å²) in [5, 5.41) is 9.83. The average molecular weight is 747 g/mol. The minimum Gasteiger partial charge on any atom is -0.496 e. The summed E-state index contributed by atoms with van der Waals surface area (Å²) < 4.78 is 35.3. The molecule has 15 aromatic rings. The molecule has 0 atom stereocenters. The molecule has 15 rings (SSSR count). The van der Waals surface area contributed by atoms with Crippen molar-refractivity contribution in [2.45, 2.75) is 27.7 Å². The molecule has 0 amide bonds. The zero-order valence-electron chi connectivity index (χ0n) is 34.0. The number of hydrogen-bond donors (Lipinski definition) is 0. The Kier molecular flexibility index (Phi) is 12.2. The van der Waals surface area contributed by atoms with Crippen LogP contribution in [0.25, 0.3) is 53.9 Å². The molecule has 0 saturated carbocycles. The predicted octanol–water partition coefficient (Wildman–Crippen LogP) is 12.7. The fourth-order valence-electron chi connectivity index (χ4n) is 6.95. The Bertz CT molecular complexity index is 2710. The van der Waals surface area contributed by atoms with Crippen LogP contribution >= 0.6 is 0 Å². The Hall–Kier alpha value is -6.40. The molecule has 0 aliphatic rings. The highest BCUT2D eigenvalue weighted by molar-refractivity contribution is 5.84. The molecule has 0 unspecified atom stereocenters. The van der Waals surface area contributed by atoms with Crippen LogP contribution in [0.2, 0.25) is 0 Å². The Labute approximate surface area is 329 Å². The summed E-state index contributed by atoms with van der Waals surface area (Å²) in [6.07, 6.45) is 0. The molecule has 0 radical (unpaired) electrons. The number of methoxy groups -OCH3 is 6. The van der Waals surface area contributed by atoms with Gasteiger partial charge in [0.25, 0.3) is 0 Å². The standard InChI is InChI=1S/C50H50O6/c1-31-21-39-16-12-36-26-47(53-7)41(23-33(36)3)19-20-42-24-34(4)38(28-48(42)54-8)14-18-44-30-49(55-9)43(29-50(44)56-10)17-13-37-27-46(52-6)40(22-32(37)2)15-11-35(31)25-45(39)51-5/h11-30H,1-10H3. The summed E-state index contributed by atoms with van der Waals surface area (Å²) in [4.78, 5) is 0. The molecule has 0 saturated heterocycles. The predicted molar refractivity (Wildman–Crippen MR) is 234 cm³/mol. The second kappa shape index (κ2) is 17.4. The Morgan fingerprint density at radius 3 is 0.536 bits per heavy atom. The molecule has 0 heterocycles. The van der Waals surface area contributed by atoms with Crippen molar-refractivity contribution in [3.8, 4) is 34.5 Å². The second-order valence-electron chi connectivity index (χ2n) is 13.8.